The van der Waals surface area contributed by atoms with Crippen LogP contribution in [0, 0.1) is 0 Å². The fraction of sp³-hybridized carbons (Fsp3) is 0.480. The Morgan fingerprint density at radius 1 is 0.967 bits per heavy atom. The Balaban J connectivity index is 1.24. The van der Waals surface area contributed by atoms with E-state index in [1.165, 1.54) is 24.1 Å². The van der Waals surface area contributed by atoms with Gasteiger partial charge in [-0.2, -0.15) is 0 Å². The fourth-order valence-corrected chi connectivity index (χ4v) is 4.49. The van der Waals surface area contributed by atoms with Crippen molar-refractivity contribution in [2.24, 2.45) is 0 Å². The van der Waals surface area contributed by atoms with Gasteiger partial charge in [0.15, 0.2) is 0 Å². The first kappa shape index (κ1) is 20.7. The topological polar surface area (TPSA) is 47.6 Å². The van der Waals surface area contributed by atoms with Gasteiger partial charge in [0.2, 0.25) is 5.91 Å². The first-order valence-electron chi connectivity index (χ1n) is 11.4. The van der Waals surface area contributed by atoms with Crippen LogP contribution in [0.1, 0.15) is 38.2 Å². The average molecular weight is 407 g/mol. The maximum absolute atomic E-state index is 12.4. The molecule has 2 aromatic carbocycles. The SMILES string of the molecule is C[C@H](Nc1ccc(N2CCN(Cc3ccccc3)CC2)cc1)C(=O)NC1CCCC1. The molecule has 4 rings (SSSR count). The van der Waals surface area contributed by atoms with Crippen molar-refractivity contribution in [1.82, 2.24) is 10.2 Å². The molecule has 1 aliphatic carbocycles. The van der Waals surface area contributed by atoms with Crippen molar-refractivity contribution in [3.63, 3.8) is 0 Å². The van der Waals surface area contributed by atoms with E-state index in [-0.39, 0.29) is 11.9 Å². The molecule has 30 heavy (non-hydrogen) atoms. The van der Waals surface area contributed by atoms with Gasteiger partial charge in [0, 0.05) is 50.1 Å². The zero-order chi connectivity index (χ0) is 20.8. The van der Waals surface area contributed by atoms with Crippen molar-refractivity contribution in [1.29, 1.82) is 0 Å². The van der Waals surface area contributed by atoms with E-state index in [1.807, 2.05) is 6.92 Å². The van der Waals surface area contributed by atoms with E-state index in [2.05, 4.69) is 75.0 Å². The van der Waals surface area contributed by atoms with E-state index >= 15 is 0 Å². The van der Waals surface area contributed by atoms with Crippen LogP contribution in [0.15, 0.2) is 54.6 Å². The third-order valence-corrected chi connectivity index (χ3v) is 6.33. The summed E-state index contributed by atoms with van der Waals surface area (Å²) in [5, 5.41) is 6.51. The summed E-state index contributed by atoms with van der Waals surface area (Å²) in [6.07, 6.45) is 4.70. The summed E-state index contributed by atoms with van der Waals surface area (Å²) in [7, 11) is 0. The highest BCUT2D eigenvalue weighted by Gasteiger charge is 2.21. The van der Waals surface area contributed by atoms with E-state index in [9.17, 15) is 4.79 Å². The molecule has 0 spiro atoms. The smallest absolute Gasteiger partial charge is 0.242 e. The maximum atomic E-state index is 12.4. The minimum Gasteiger partial charge on any atom is -0.374 e. The number of amides is 1. The summed E-state index contributed by atoms with van der Waals surface area (Å²) in [6.45, 7) is 7.20. The third-order valence-electron chi connectivity index (χ3n) is 6.33. The molecule has 1 saturated heterocycles. The zero-order valence-electron chi connectivity index (χ0n) is 18.0. The van der Waals surface area contributed by atoms with Gasteiger partial charge >= 0.3 is 0 Å². The zero-order valence-corrected chi connectivity index (χ0v) is 18.0. The number of carbonyl (C=O) groups is 1. The predicted molar refractivity (Wildman–Crippen MR) is 124 cm³/mol. The van der Waals surface area contributed by atoms with Gasteiger partial charge < -0.3 is 15.5 Å². The van der Waals surface area contributed by atoms with Gasteiger partial charge in [-0.25, -0.2) is 0 Å². The molecule has 2 aromatic rings. The summed E-state index contributed by atoms with van der Waals surface area (Å²) >= 11 is 0. The van der Waals surface area contributed by atoms with Gasteiger partial charge in [-0.15, -0.1) is 0 Å². The summed E-state index contributed by atoms with van der Waals surface area (Å²) in [5.74, 6) is 0.0977. The third kappa shape index (κ3) is 5.54. The van der Waals surface area contributed by atoms with Crippen LogP contribution in [-0.2, 0) is 11.3 Å². The second kappa shape index (κ2) is 9.98. The van der Waals surface area contributed by atoms with Gasteiger partial charge in [-0.05, 0) is 49.6 Å². The average Bonchev–Trinajstić information content (AvgIpc) is 3.29. The number of benzene rings is 2. The summed E-state index contributed by atoms with van der Waals surface area (Å²) in [5.41, 5.74) is 3.63. The molecular formula is C25H34N4O. The normalized spacial score (nSPS) is 18.9. The standard InChI is InChI=1S/C25H34N4O/c1-20(25(30)27-22-9-5-6-10-22)26-23-11-13-24(14-12-23)29-17-15-28(16-18-29)19-21-7-3-2-4-8-21/h2-4,7-8,11-14,20,22,26H,5-6,9-10,15-19H2,1H3,(H,27,30)/t20-/m0/s1. The molecule has 2 aliphatic rings. The Kier molecular flexibility index (Phi) is 6.90. The Hall–Kier alpha value is -2.53. The maximum Gasteiger partial charge on any atom is 0.242 e. The summed E-state index contributed by atoms with van der Waals surface area (Å²) in [6, 6.07) is 19.3. The summed E-state index contributed by atoms with van der Waals surface area (Å²) < 4.78 is 0. The van der Waals surface area contributed by atoms with Crippen LogP contribution in [0.5, 0.6) is 0 Å². The van der Waals surface area contributed by atoms with Crippen molar-refractivity contribution in [3.05, 3.63) is 60.2 Å². The summed E-state index contributed by atoms with van der Waals surface area (Å²) in [4.78, 5) is 17.4. The highest BCUT2D eigenvalue weighted by Crippen LogP contribution is 2.21. The van der Waals surface area contributed by atoms with Gasteiger partial charge in [-0.1, -0.05) is 43.2 Å². The molecule has 1 atom stereocenters. The van der Waals surface area contributed by atoms with Crippen molar-refractivity contribution in [2.45, 2.75) is 51.2 Å². The predicted octanol–water partition coefficient (Wildman–Crippen LogP) is 3.87. The van der Waals surface area contributed by atoms with Crippen LogP contribution in [0.25, 0.3) is 0 Å². The van der Waals surface area contributed by atoms with Crippen LogP contribution < -0.4 is 15.5 Å². The largest absolute Gasteiger partial charge is 0.374 e. The number of nitrogens with one attached hydrogen (secondary N) is 2. The first-order valence-corrected chi connectivity index (χ1v) is 11.4. The van der Waals surface area contributed by atoms with Gasteiger partial charge in [0.1, 0.15) is 6.04 Å². The van der Waals surface area contributed by atoms with Crippen LogP contribution in [0.2, 0.25) is 0 Å². The Bertz CT molecular complexity index is 794. The lowest BCUT2D eigenvalue weighted by atomic mass is 10.2. The molecule has 1 aliphatic heterocycles. The number of nitrogens with zero attached hydrogens (tertiary/aromatic N) is 2. The monoisotopic (exact) mass is 406 g/mol. The van der Waals surface area contributed by atoms with Crippen LogP contribution in [0.4, 0.5) is 11.4 Å². The molecule has 1 saturated carbocycles. The fourth-order valence-electron chi connectivity index (χ4n) is 4.49. The number of hydrogen-bond acceptors (Lipinski definition) is 4. The van der Waals surface area contributed by atoms with E-state index < -0.39 is 0 Å². The van der Waals surface area contributed by atoms with Gasteiger partial charge in [0.05, 0.1) is 0 Å². The minimum atomic E-state index is -0.224. The van der Waals surface area contributed by atoms with Crippen molar-refractivity contribution < 1.29 is 4.79 Å². The van der Waals surface area contributed by atoms with Crippen LogP contribution >= 0.6 is 0 Å². The number of piperazine rings is 1. The van der Waals surface area contributed by atoms with Crippen molar-refractivity contribution in [3.8, 4) is 0 Å². The molecule has 0 aromatic heterocycles. The lowest BCUT2D eigenvalue weighted by Crippen LogP contribution is -2.46. The lowest BCUT2D eigenvalue weighted by molar-refractivity contribution is -0.122. The Morgan fingerprint density at radius 3 is 2.30 bits per heavy atom. The number of hydrogen-bond donors (Lipinski definition) is 2. The molecule has 1 amide bonds. The molecule has 2 fully saturated rings. The molecular weight excluding hydrogens is 372 g/mol. The van der Waals surface area contributed by atoms with Crippen molar-refractivity contribution >= 4 is 17.3 Å². The first-order chi connectivity index (χ1) is 14.7. The molecule has 0 unspecified atom stereocenters. The van der Waals surface area contributed by atoms with Crippen LogP contribution in [-0.4, -0.2) is 49.1 Å². The highest BCUT2D eigenvalue weighted by atomic mass is 16.2. The Morgan fingerprint density at radius 2 is 1.63 bits per heavy atom. The number of anilines is 2. The molecule has 2 N–H and O–H groups in total. The minimum absolute atomic E-state index is 0.0977. The van der Waals surface area contributed by atoms with Gasteiger partial charge in [-0.3, -0.25) is 9.69 Å². The molecule has 5 heteroatoms. The molecule has 0 bridgehead atoms. The van der Waals surface area contributed by atoms with Crippen LogP contribution in [0.3, 0.4) is 0 Å². The molecule has 1 heterocycles. The van der Waals surface area contributed by atoms with Gasteiger partial charge in [0.25, 0.3) is 0 Å². The second-order valence-corrected chi connectivity index (χ2v) is 8.65. The molecule has 160 valence electrons. The van der Waals surface area contributed by atoms with E-state index in [0.717, 1.165) is 51.3 Å². The lowest BCUT2D eigenvalue weighted by Gasteiger charge is -2.36. The van der Waals surface area contributed by atoms with Crippen molar-refractivity contribution in [2.75, 3.05) is 36.4 Å². The highest BCUT2D eigenvalue weighted by molar-refractivity contribution is 5.84. The van der Waals surface area contributed by atoms with E-state index in [1.54, 1.807) is 0 Å². The second-order valence-electron chi connectivity index (χ2n) is 8.65. The van der Waals surface area contributed by atoms with E-state index in [4.69, 9.17) is 0 Å². The van der Waals surface area contributed by atoms with E-state index in [0.29, 0.717) is 6.04 Å². The Labute approximate surface area is 180 Å². The quantitative estimate of drug-likeness (QED) is 0.733. The number of carbonyl (C=O) groups excluding carboxylic acids is 1. The molecule has 5 nitrogen and oxygen atoms in total. The number of rotatable bonds is 7. The molecule has 0 radical (unpaired) electrons.